The average Bonchev–Trinajstić information content (AvgIpc) is 2.89. The van der Waals surface area contributed by atoms with Crippen molar-refractivity contribution in [3.05, 3.63) is 51.2 Å². The van der Waals surface area contributed by atoms with Gasteiger partial charge in [0.05, 0.1) is 5.69 Å². The van der Waals surface area contributed by atoms with Crippen LogP contribution in [0.15, 0.2) is 45.3 Å². The highest BCUT2D eigenvalue weighted by Gasteiger charge is 2.14. The third-order valence-corrected chi connectivity index (χ3v) is 3.91. The molecule has 1 aromatic heterocycles. The lowest BCUT2D eigenvalue weighted by Gasteiger charge is -2.08. The minimum atomic E-state index is -0.372. The van der Waals surface area contributed by atoms with E-state index < -0.39 is 0 Å². The highest BCUT2D eigenvalue weighted by Crippen LogP contribution is 2.28. The first-order valence-electron chi connectivity index (χ1n) is 5.85. The second kappa shape index (κ2) is 5.53. The molecule has 21 heavy (non-hydrogen) atoms. The number of benzene rings is 2. The van der Waals surface area contributed by atoms with Crippen LogP contribution >= 0.6 is 31.9 Å². The van der Waals surface area contributed by atoms with Crippen LogP contribution in [-0.2, 0) is 0 Å². The summed E-state index contributed by atoms with van der Waals surface area (Å²) in [5.41, 5.74) is 7.64. The lowest BCUT2D eigenvalue weighted by atomic mass is 10.2. The molecule has 5 nitrogen and oxygen atoms in total. The summed E-state index contributed by atoms with van der Waals surface area (Å²) in [5, 5.41) is 11.6. The Kier molecular flexibility index (Phi) is 3.73. The Morgan fingerprint density at radius 3 is 2.67 bits per heavy atom. The second-order valence-electron chi connectivity index (χ2n) is 4.28. The van der Waals surface area contributed by atoms with Crippen molar-refractivity contribution < 1.29 is 4.39 Å². The van der Waals surface area contributed by atoms with Gasteiger partial charge in [-0.25, -0.2) is 4.39 Å². The van der Waals surface area contributed by atoms with Crippen molar-refractivity contribution in [1.29, 1.82) is 0 Å². The molecule has 0 radical (unpaired) electrons. The van der Waals surface area contributed by atoms with Gasteiger partial charge >= 0.3 is 0 Å². The molecule has 0 atom stereocenters. The maximum atomic E-state index is 13.5. The molecule has 0 saturated heterocycles. The van der Waals surface area contributed by atoms with E-state index in [2.05, 4.69) is 47.4 Å². The SMILES string of the molecule is Nc1cc(Br)cc(-c2nnnn2-c2cc(F)ccc2Br)c1. The van der Waals surface area contributed by atoms with Crippen LogP contribution in [0.25, 0.3) is 17.1 Å². The molecule has 0 aliphatic rings. The molecule has 0 bridgehead atoms. The molecular weight excluding hydrogens is 405 g/mol. The van der Waals surface area contributed by atoms with E-state index in [0.29, 0.717) is 21.7 Å². The van der Waals surface area contributed by atoms with Crippen LogP contribution in [-0.4, -0.2) is 20.2 Å². The minimum absolute atomic E-state index is 0.372. The highest BCUT2D eigenvalue weighted by molar-refractivity contribution is 9.10. The Hall–Kier alpha value is -1.80. The molecule has 0 aliphatic heterocycles. The topological polar surface area (TPSA) is 69.6 Å². The van der Waals surface area contributed by atoms with Crippen LogP contribution in [0.3, 0.4) is 0 Å². The average molecular weight is 413 g/mol. The van der Waals surface area contributed by atoms with Crippen LogP contribution in [0.1, 0.15) is 0 Å². The molecule has 2 N–H and O–H groups in total. The lowest BCUT2D eigenvalue weighted by molar-refractivity contribution is 0.624. The summed E-state index contributed by atoms with van der Waals surface area (Å²) in [6.07, 6.45) is 0. The molecular formula is C13H8Br2FN5. The summed E-state index contributed by atoms with van der Waals surface area (Å²) in [7, 11) is 0. The molecule has 0 saturated carbocycles. The smallest absolute Gasteiger partial charge is 0.187 e. The van der Waals surface area contributed by atoms with Gasteiger partial charge in [0.2, 0.25) is 0 Å². The largest absolute Gasteiger partial charge is 0.399 e. The normalized spacial score (nSPS) is 10.8. The van der Waals surface area contributed by atoms with Gasteiger partial charge in [0, 0.05) is 26.3 Å². The Morgan fingerprint density at radius 2 is 1.90 bits per heavy atom. The van der Waals surface area contributed by atoms with Crippen LogP contribution in [0.5, 0.6) is 0 Å². The van der Waals surface area contributed by atoms with Crippen molar-refractivity contribution in [2.24, 2.45) is 0 Å². The molecule has 0 aliphatic carbocycles. The van der Waals surface area contributed by atoms with Gasteiger partial charge < -0.3 is 5.73 Å². The maximum absolute atomic E-state index is 13.5. The van der Waals surface area contributed by atoms with Crippen LogP contribution < -0.4 is 5.73 Å². The van der Waals surface area contributed by atoms with Gasteiger partial charge in [-0.05, 0) is 56.7 Å². The third-order valence-electron chi connectivity index (χ3n) is 2.78. The second-order valence-corrected chi connectivity index (χ2v) is 6.05. The summed E-state index contributed by atoms with van der Waals surface area (Å²) in [6, 6.07) is 9.67. The Balaban J connectivity index is 2.19. The van der Waals surface area contributed by atoms with E-state index in [-0.39, 0.29) is 5.82 Å². The van der Waals surface area contributed by atoms with Crippen molar-refractivity contribution in [3.8, 4) is 17.1 Å². The molecule has 0 spiro atoms. The number of nitrogens with two attached hydrogens (primary N) is 1. The van der Waals surface area contributed by atoms with Gasteiger partial charge in [-0.3, -0.25) is 0 Å². The zero-order valence-corrected chi connectivity index (χ0v) is 13.6. The summed E-state index contributed by atoms with van der Waals surface area (Å²) in [6.45, 7) is 0. The van der Waals surface area contributed by atoms with Crippen LogP contribution in [0.2, 0.25) is 0 Å². The summed E-state index contributed by atoms with van der Waals surface area (Å²) in [4.78, 5) is 0. The molecule has 2 aromatic carbocycles. The fraction of sp³-hybridized carbons (Fsp3) is 0. The number of halogens is 3. The first-order chi connectivity index (χ1) is 10.0. The Bertz CT molecular complexity index is 798. The minimum Gasteiger partial charge on any atom is -0.399 e. The maximum Gasteiger partial charge on any atom is 0.187 e. The van der Waals surface area contributed by atoms with Gasteiger partial charge in [-0.1, -0.05) is 15.9 Å². The lowest BCUT2D eigenvalue weighted by Crippen LogP contribution is -2.02. The van der Waals surface area contributed by atoms with E-state index in [1.54, 1.807) is 18.2 Å². The standard InChI is InChI=1S/C13H8Br2FN5/c14-8-3-7(4-10(17)5-8)13-18-19-20-21(13)12-6-9(16)1-2-11(12)15/h1-6H,17H2. The molecule has 8 heteroatoms. The molecule has 1 heterocycles. The molecule has 0 unspecified atom stereocenters. The van der Waals surface area contributed by atoms with E-state index in [9.17, 15) is 4.39 Å². The van der Waals surface area contributed by atoms with Gasteiger partial charge in [-0.15, -0.1) is 5.10 Å². The summed E-state index contributed by atoms with van der Waals surface area (Å²) in [5.74, 6) is 0.0951. The Morgan fingerprint density at radius 1 is 1.10 bits per heavy atom. The number of hydrogen-bond donors (Lipinski definition) is 1. The predicted molar refractivity (Wildman–Crippen MR) is 84.4 cm³/mol. The highest BCUT2D eigenvalue weighted by atomic mass is 79.9. The first-order valence-corrected chi connectivity index (χ1v) is 7.43. The summed E-state index contributed by atoms with van der Waals surface area (Å²) < 4.78 is 16.4. The van der Waals surface area contributed by atoms with E-state index in [0.717, 1.165) is 10.0 Å². The number of tetrazole rings is 1. The number of aromatic nitrogens is 4. The van der Waals surface area contributed by atoms with Gasteiger partial charge in [-0.2, -0.15) is 4.68 Å². The number of hydrogen-bond acceptors (Lipinski definition) is 4. The molecule has 3 rings (SSSR count). The first kappa shape index (κ1) is 14.2. The summed E-state index contributed by atoms with van der Waals surface area (Å²) >= 11 is 6.75. The zero-order chi connectivity index (χ0) is 15.0. The van der Waals surface area contributed by atoms with Crippen LogP contribution in [0, 0.1) is 5.82 Å². The van der Waals surface area contributed by atoms with Crippen molar-refractivity contribution in [2.45, 2.75) is 0 Å². The number of rotatable bonds is 2. The monoisotopic (exact) mass is 411 g/mol. The van der Waals surface area contributed by atoms with Crippen molar-refractivity contribution >= 4 is 37.5 Å². The van der Waals surface area contributed by atoms with Gasteiger partial charge in [0.15, 0.2) is 5.82 Å². The molecule has 0 fully saturated rings. The van der Waals surface area contributed by atoms with E-state index >= 15 is 0 Å². The number of nitrogen functional groups attached to an aromatic ring is 1. The zero-order valence-electron chi connectivity index (χ0n) is 10.5. The Labute approximate surface area is 136 Å². The quantitative estimate of drug-likeness (QED) is 0.653. The van der Waals surface area contributed by atoms with Crippen molar-refractivity contribution in [3.63, 3.8) is 0 Å². The molecule has 106 valence electrons. The van der Waals surface area contributed by atoms with E-state index in [4.69, 9.17) is 5.73 Å². The van der Waals surface area contributed by atoms with Crippen molar-refractivity contribution in [2.75, 3.05) is 5.73 Å². The number of anilines is 1. The fourth-order valence-electron chi connectivity index (χ4n) is 1.92. The number of nitrogens with zero attached hydrogens (tertiary/aromatic N) is 4. The molecule has 3 aromatic rings. The fourth-order valence-corrected chi connectivity index (χ4v) is 2.84. The van der Waals surface area contributed by atoms with Gasteiger partial charge in [0.1, 0.15) is 5.82 Å². The molecule has 0 amide bonds. The van der Waals surface area contributed by atoms with E-state index in [1.165, 1.54) is 16.8 Å². The predicted octanol–water partition coefficient (Wildman–Crippen LogP) is 3.58. The van der Waals surface area contributed by atoms with Gasteiger partial charge in [0.25, 0.3) is 0 Å². The third kappa shape index (κ3) is 2.81. The van der Waals surface area contributed by atoms with Crippen LogP contribution in [0.4, 0.5) is 10.1 Å². The van der Waals surface area contributed by atoms with E-state index in [1.807, 2.05) is 6.07 Å². The van der Waals surface area contributed by atoms with Crippen molar-refractivity contribution in [1.82, 2.24) is 20.2 Å².